The number of furan rings is 1. The van der Waals surface area contributed by atoms with Crippen LogP contribution in [0.2, 0.25) is 0 Å². The summed E-state index contributed by atoms with van der Waals surface area (Å²) in [5.41, 5.74) is 20.6. The smallest absolute Gasteiger partial charge is 0.238 e. The minimum Gasteiger partial charge on any atom is -0.455 e. The number of benzene rings is 20. The molecule has 0 unspecified atom stereocenters. The van der Waals surface area contributed by atoms with Gasteiger partial charge in [-0.15, -0.1) is 45.3 Å². The average Bonchev–Trinajstić information content (AvgIpc) is 1.57. The molecule has 11 aromatic heterocycles. The van der Waals surface area contributed by atoms with Gasteiger partial charge in [0.15, 0.2) is 40.8 Å². The van der Waals surface area contributed by atoms with Gasteiger partial charge < -0.3 is 8.98 Å². The first-order valence-corrected chi connectivity index (χ1v) is 51.8. The summed E-state index contributed by atoms with van der Waals surface area (Å²) >= 11 is 7.26. The van der Waals surface area contributed by atoms with E-state index < -0.39 is 0 Å². The highest BCUT2D eigenvalue weighted by Crippen LogP contribution is 2.49. The van der Waals surface area contributed by atoms with Crippen LogP contribution in [-0.2, 0) is 0 Å². The second-order valence-corrected chi connectivity index (χ2v) is 40.8. The lowest BCUT2D eigenvalue weighted by Crippen LogP contribution is -2.06. The molecule has 0 N–H and O–H groups in total. The number of thiophene rings is 4. The van der Waals surface area contributed by atoms with E-state index in [9.17, 15) is 0 Å². The van der Waals surface area contributed by atoms with Crippen molar-refractivity contribution >= 4 is 213 Å². The number of nitrogens with zero attached hydrogens (tertiary/aromatic N) is 12. The fourth-order valence-corrected chi connectivity index (χ4v) is 26.0. The molecule has 0 aliphatic rings. The molecule has 17 heteroatoms. The van der Waals surface area contributed by atoms with Crippen LogP contribution in [0.3, 0.4) is 0 Å². The SMILES string of the molecule is c1ccc(-c2ccc(-c3nc(-c4cccc5sc6ccccc6c45)nc(-n4c5ccccc5c5c6oc7ccccc7c6ccc54)n3)cc2)cc1.c1ccc(-c2cccc(-c3nc(-c4cccc5sc6ccccc6c45)nc(-n4c5ccccc5c5c6sc7ccccc7c6ccc54)n3)c2)cc1.c1ccc(-c2nc(-c3ccc4sc5ccccc5c4c3)nc(-c3cccc4c3c3ccccc3n4-c3ccccc3)n2)cc1. The molecule has 0 atom stereocenters. The topological polar surface area (TPSA) is 144 Å². The van der Waals surface area contributed by atoms with Gasteiger partial charge in [-0.1, -0.05) is 340 Å². The fraction of sp³-hybridized carbons (Fsp3) is 0. The number of para-hydroxylation sites is 5. The maximum atomic E-state index is 6.57. The molecule has 13 nitrogen and oxygen atoms in total. The summed E-state index contributed by atoms with van der Waals surface area (Å²) in [6.45, 7) is 0. The van der Waals surface area contributed by atoms with E-state index in [4.69, 9.17) is 49.3 Å². The summed E-state index contributed by atoms with van der Waals surface area (Å²) in [6, 6.07) is 162. The Bertz CT molecular complexity index is 10700. The first-order valence-electron chi connectivity index (χ1n) is 48.5. The van der Waals surface area contributed by atoms with E-state index in [1.807, 2.05) is 65.1 Å². The molecular formula is C129H76N12OS4. The highest BCUT2D eigenvalue weighted by molar-refractivity contribution is 7.27. The largest absolute Gasteiger partial charge is 0.455 e. The summed E-state index contributed by atoms with van der Waals surface area (Å²) in [4.78, 5) is 47.0. The molecule has 0 amide bonds. The van der Waals surface area contributed by atoms with Crippen molar-refractivity contribution < 1.29 is 4.42 Å². The van der Waals surface area contributed by atoms with E-state index in [0.29, 0.717) is 52.7 Å². The van der Waals surface area contributed by atoms with Crippen molar-refractivity contribution in [3.8, 4) is 120 Å². The van der Waals surface area contributed by atoms with Crippen LogP contribution >= 0.6 is 45.3 Å². The van der Waals surface area contributed by atoms with Gasteiger partial charge in [0.05, 0.1) is 38.5 Å². The van der Waals surface area contributed by atoms with Crippen LogP contribution in [0.15, 0.2) is 465 Å². The summed E-state index contributed by atoms with van der Waals surface area (Å²) < 4.78 is 23.3. The van der Waals surface area contributed by atoms with E-state index in [-0.39, 0.29) is 0 Å². The van der Waals surface area contributed by atoms with Gasteiger partial charge in [-0.25, -0.2) is 24.9 Å². The highest BCUT2D eigenvalue weighted by atomic mass is 32.1. The molecular weight excluding hydrogens is 1860 g/mol. The van der Waals surface area contributed by atoms with Crippen LogP contribution in [0.1, 0.15) is 0 Å². The monoisotopic (exact) mass is 1940 g/mol. The lowest BCUT2D eigenvalue weighted by Gasteiger charge is -2.12. The molecule has 11 heterocycles. The van der Waals surface area contributed by atoms with Crippen LogP contribution in [0, 0.1) is 0 Å². The predicted octanol–water partition coefficient (Wildman–Crippen LogP) is 35.3. The minimum atomic E-state index is 0.556. The van der Waals surface area contributed by atoms with Gasteiger partial charge in [-0.3, -0.25) is 9.13 Å². The van der Waals surface area contributed by atoms with Crippen molar-refractivity contribution in [2.75, 3.05) is 0 Å². The Kier molecular flexibility index (Phi) is 20.1. The molecule has 31 aromatic rings. The summed E-state index contributed by atoms with van der Waals surface area (Å²) in [6.07, 6.45) is 0. The number of rotatable bonds is 12. The number of hydrogen-bond donors (Lipinski definition) is 0. The molecule has 0 aliphatic carbocycles. The van der Waals surface area contributed by atoms with E-state index in [0.717, 1.165) is 143 Å². The Hall–Kier alpha value is -18.5. The Morgan fingerprint density at radius 1 is 0.171 bits per heavy atom. The van der Waals surface area contributed by atoms with Gasteiger partial charge >= 0.3 is 0 Å². The normalized spacial score (nSPS) is 11.8. The molecule has 0 bridgehead atoms. The van der Waals surface area contributed by atoms with Crippen molar-refractivity contribution in [3.63, 3.8) is 0 Å². The Morgan fingerprint density at radius 3 is 1.12 bits per heavy atom. The Morgan fingerprint density at radius 2 is 0.514 bits per heavy atom. The third-order valence-corrected chi connectivity index (χ3v) is 32.7. The minimum absolute atomic E-state index is 0.556. The van der Waals surface area contributed by atoms with Gasteiger partial charge in [0.25, 0.3) is 0 Å². The third-order valence-electron chi connectivity index (χ3n) is 28.0. The van der Waals surface area contributed by atoms with E-state index in [1.54, 1.807) is 22.7 Å². The lowest BCUT2D eigenvalue weighted by molar-refractivity contribution is 0.673. The number of aromatic nitrogens is 12. The molecule has 146 heavy (non-hydrogen) atoms. The van der Waals surface area contributed by atoms with E-state index >= 15 is 0 Å². The molecule has 0 fully saturated rings. The van der Waals surface area contributed by atoms with Gasteiger partial charge in [0.2, 0.25) is 11.9 Å². The van der Waals surface area contributed by atoms with E-state index in [1.165, 1.54) is 91.6 Å². The fourth-order valence-electron chi connectivity index (χ4n) is 21.4. The summed E-state index contributed by atoms with van der Waals surface area (Å²) in [7, 11) is 0. The van der Waals surface area contributed by atoms with Gasteiger partial charge in [0.1, 0.15) is 11.2 Å². The molecule has 0 spiro atoms. The maximum Gasteiger partial charge on any atom is 0.238 e. The summed E-state index contributed by atoms with van der Waals surface area (Å²) in [5.74, 6) is 5.67. The number of fused-ring (bicyclic) bond motifs is 26. The van der Waals surface area contributed by atoms with Crippen molar-refractivity contribution in [2.24, 2.45) is 0 Å². The van der Waals surface area contributed by atoms with Gasteiger partial charge in [-0.05, 0) is 144 Å². The highest BCUT2D eigenvalue weighted by Gasteiger charge is 2.28. The molecule has 0 radical (unpaired) electrons. The van der Waals surface area contributed by atoms with Crippen molar-refractivity contribution in [1.82, 2.24) is 58.6 Å². The average molecular weight is 1940 g/mol. The molecule has 682 valence electrons. The zero-order chi connectivity index (χ0) is 96.0. The Labute approximate surface area is 850 Å². The van der Waals surface area contributed by atoms with Gasteiger partial charge in [-0.2, -0.15) is 19.9 Å². The maximum absolute atomic E-state index is 6.57. The van der Waals surface area contributed by atoms with Crippen LogP contribution in [-0.4, -0.2) is 58.6 Å². The molecule has 31 rings (SSSR count). The lowest BCUT2D eigenvalue weighted by atomic mass is 10.0. The quantitative estimate of drug-likeness (QED) is 0.116. The first-order chi connectivity index (χ1) is 72.4. The van der Waals surface area contributed by atoms with Crippen molar-refractivity contribution in [1.29, 1.82) is 0 Å². The van der Waals surface area contributed by atoms with Gasteiger partial charge in [0, 0.05) is 163 Å². The van der Waals surface area contributed by atoms with E-state index in [2.05, 4.69) is 432 Å². The third kappa shape index (κ3) is 14.2. The first kappa shape index (κ1) is 84.4. The van der Waals surface area contributed by atoms with Crippen LogP contribution in [0.25, 0.3) is 288 Å². The molecule has 0 saturated heterocycles. The second kappa shape index (κ2) is 34.7. The van der Waals surface area contributed by atoms with Crippen molar-refractivity contribution in [2.45, 2.75) is 0 Å². The predicted molar refractivity (Wildman–Crippen MR) is 610 cm³/mol. The molecule has 0 aliphatic heterocycles. The van der Waals surface area contributed by atoms with Crippen LogP contribution in [0.4, 0.5) is 0 Å². The van der Waals surface area contributed by atoms with Crippen LogP contribution in [0.5, 0.6) is 0 Å². The summed E-state index contributed by atoms with van der Waals surface area (Å²) in [5, 5.41) is 18.8. The molecule has 0 saturated carbocycles. The van der Waals surface area contributed by atoms with Crippen LogP contribution < -0.4 is 0 Å². The second-order valence-electron chi connectivity index (χ2n) is 36.5. The number of hydrogen-bond acceptors (Lipinski definition) is 14. The molecule has 20 aromatic carbocycles. The zero-order valence-corrected chi connectivity index (χ0v) is 81.1. The van der Waals surface area contributed by atoms with Crippen molar-refractivity contribution in [3.05, 3.63) is 461 Å². The standard InChI is InChI=1S/C45H26N4OS.C45H26N4S2.C39H24N4S/c1-2-11-27(12-3-1)28-21-23-29(24-22-28)43-46-44(34-16-10-20-39-40(34)33-15-6-9-19-38(33)51-39)48-45(47-43)49-35-17-7-4-14-32(35)41-36(49)26-25-31-30-13-5-8-18-37(30)50-42(31)41;1-2-12-27(13-3-1)28-14-10-15-29(26-28)43-46-44(34-19-11-23-39-40(34)33-18-6-9-22-38(33)50-39)48-45(47-43)49-35-20-7-4-17-32(35)41-36(49)25-24-31-30-16-5-8-21-37(30)51-42(31)41;1-3-12-25(13-4-1)37-40-38(26-22-23-35-31(24-26)28-16-8-10-21-34(28)44-35)42-39(41-37)30-18-11-20-33-36(30)29-17-7-9-19-32(29)43(33)27-14-5-2-6-15-27/h2*1-26H;1-24H. The Balaban J connectivity index is 0.000000104. The zero-order valence-electron chi connectivity index (χ0n) is 77.8.